The number of nitrogens with one attached hydrogen (secondary N) is 1. The molecule has 1 fully saturated rings. The van der Waals surface area contributed by atoms with E-state index in [1.54, 1.807) is 0 Å². The van der Waals surface area contributed by atoms with Crippen LogP contribution in [0.3, 0.4) is 0 Å². The Morgan fingerprint density at radius 3 is 2.76 bits per heavy atom. The van der Waals surface area contributed by atoms with Crippen molar-refractivity contribution in [2.75, 3.05) is 30.3 Å². The second-order valence-electron chi connectivity index (χ2n) is 6.11. The van der Waals surface area contributed by atoms with E-state index in [9.17, 15) is 9.59 Å². The van der Waals surface area contributed by atoms with Gasteiger partial charge in [0.2, 0.25) is 0 Å². The molecule has 0 saturated carbocycles. The van der Waals surface area contributed by atoms with E-state index in [0.717, 1.165) is 19.4 Å². The van der Waals surface area contributed by atoms with Gasteiger partial charge in [0.15, 0.2) is 0 Å². The second kappa shape index (κ2) is 6.34. The summed E-state index contributed by atoms with van der Waals surface area (Å²) < 4.78 is 1.43. The molecule has 1 unspecified atom stereocenters. The number of anilines is 2. The fourth-order valence-corrected chi connectivity index (χ4v) is 2.88. The standard InChI is InChI=1S/C14H24N4O3/c1-9(2)7-18-12(15)11(13(20)16-14(18)21)17-5-3-10(8-17)4-6-19/h9-10,19H,3-8,15H2,1-2H3,(H,16,20,21). The molecule has 1 aliphatic heterocycles. The normalized spacial score (nSPS) is 18.7. The molecule has 21 heavy (non-hydrogen) atoms. The summed E-state index contributed by atoms with van der Waals surface area (Å²) in [4.78, 5) is 28.3. The molecule has 1 atom stereocenters. The van der Waals surface area contributed by atoms with Crippen molar-refractivity contribution in [1.29, 1.82) is 0 Å². The van der Waals surface area contributed by atoms with Gasteiger partial charge in [-0.05, 0) is 24.7 Å². The van der Waals surface area contributed by atoms with Crippen molar-refractivity contribution < 1.29 is 5.11 Å². The highest BCUT2D eigenvalue weighted by Gasteiger charge is 2.27. The van der Waals surface area contributed by atoms with Gasteiger partial charge in [-0.1, -0.05) is 13.8 Å². The Kier molecular flexibility index (Phi) is 4.72. The lowest BCUT2D eigenvalue weighted by molar-refractivity contribution is 0.263. The maximum atomic E-state index is 12.1. The van der Waals surface area contributed by atoms with Crippen LogP contribution in [0.2, 0.25) is 0 Å². The highest BCUT2D eigenvalue weighted by atomic mass is 16.3. The van der Waals surface area contributed by atoms with Crippen molar-refractivity contribution in [3.63, 3.8) is 0 Å². The summed E-state index contributed by atoms with van der Waals surface area (Å²) in [5.41, 5.74) is 5.58. The number of nitrogens with zero attached hydrogens (tertiary/aromatic N) is 2. The third-order valence-electron chi connectivity index (χ3n) is 3.90. The van der Waals surface area contributed by atoms with Crippen LogP contribution in [-0.4, -0.2) is 34.4 Å². The molecule has 0 aliphatic carbocycles. The fraction of sp³-hybridized carbons (Fsp3) is 0.714. The van der Waals surface area contributed by atoms with E-state index in [1.807, 2.05) is 18.7 Å². The van der Waals surface area contributed by atoms with Gasteiger partial charge >= 0.3 is 5.69 Å². The van der Waals surface area contributed by atoms with Crippen LogP contribution in [0.1, 0.15) is 26.7 Å². The molecule has 4 N–H and O–H groups in total. The van der Waals surface area contributed by atoms with Crippen LogP contribution in [0.15, 0.2) is 9.59 Å². The van der Waals surface area contributed by atoms with Gasteiger partial charge in [0.1, 0.15) is 11.5 Å². The summed E-state index contributed by atoms with van der Waals surface area (Å²) in [6.07, 6.45) is 1.64. The fourth-order valence-electron chi connectivity index (χ4n) is 2.88. The van der Waals surface area contributed by atoms with Gasteiger partial charge in [0.05, 0.1) is 0 Å². The number of aliphatic hydroxyl groups excluding tert-OH is 1. The molecular weight excluding hydrogens is 272 g/mol. The van der Waals surface area contributed by atoms with E-state index < -0.39 is 11.2 Å². The van der Waals surface area contributed by atoms with Crippen LogP contribution in [-0.2, 0) is 6.54 Å². The van der Waals surface area contributed by atoms with E-state index in [2.05, 4.69) is 4.98 Å². The van der Waals surface area contributed by atoms with E-state index >= 15 is 0 Å². The lowest BCUT2D eigenvalue weighted by Gasteiger charge is -2.22. The summed E-state index contributed by atoms with van der Waals surface area (Å²) in [7, 11) is 0. The Hall–Kier alpha value is -1.76. The molecule has 7 heteroatoms. The summed E-state index contributed by atoms with van der Waals surface area (Å²) in [5.74, 6) is 0.853. The monoisotopic (exact) mass is 296 g/mol. The van der Waals surface area contributed by atoms with Crippen LogP contribution in [0.5, 0.6) is 0 Å². The van der Waals surface area contributed by atoms with Gasteiger partial charge in [-0.15, -0.1) is 0 Å². The number of H-pyrrole nitrogens is 1. The number of hydrogen-bond acceptors (Lipinski definition) is 5. The molecule has 0 radical (unpaired) electrons. The first-order valence-electron chi connectivity index (χ1n) is 7.42. The predicted octanol–water partition coefficient (Wildman–Crippen LogP) is -0.0165. The molecular formula is C14H24N4O3. The molecule has 1 aliphatic rings. The van der Waals surface area contributed by atoms with Crippen molar-refractivity contribution in [3.05, 3.63) is 20.8 Å². The minimum absolute atomic E-state index is 0.150. The first-order valence-corrected chi connectivity index (χ1v) is 7.42. The molecule has 0 bridgehead atoms. The number of nitrogen functional groups attached to an aromatic ring is 1. The van der Waals surface area contributed by atoms with Crippen LogP contribution in [0.4, 0.5) is 11.5 Å². The lowest BCUT2D eigenvalue weighted by Crippen LogP contribution is -2.38. The van der Waals surface area contributed by atoms with Gasteiger partial charge in [0.25, 0.3) is 5.56 Å². The Labute approximate surface area is 123 Å². The molecule has 118 valence electrons. The maximum absolute atomic E-state index is 12.1. The zero-order chi connectivity index (χ0) is 15.6. The quantitative estimate of drug-likeness (QED) is 0.708. The number of nitrogens with two attached hydrogens (primary N) is 1. The molecule has 1 aromatic rings. The molecule has 2 heterocycles. The van der Waals surface area contributed by atoms with Crippen LogP contribution >= 0.6 is 0 Å². The van der Waals surface area contributed by atoms with E-state index in [4.69, 9.17) is 10.8 Å². The third kappa shape index (κ3) is 3.29. The zero-order valence-corrected chi connectivity index (χ0v) is 12.6. The van der Waals surface area contributed by atoms with Gasteiger partial charge in [0, 0.05) is 26.2 Å². The molecule has 0 aromatic carbocycles. The molecule has 2 rings (SSSR count). The number of rotatable bonds is 5. The second-order valence-corrected chi connectivity index (χ2v) is 6.11. The van der Waals surface area contributed by atoms with Crippen molar-refractivity contribution in [3.8, 4) is 0 Å². The summed E-state index contributed by atoms with van der Waals surface area (Å²) in [6.45, 7) is 6.01. The van der Waals surface area contributed by atoms with Crippen LogP contribution in [0.25, 0.3) is 0 Å². The van der Waals surface area contributed by atoms with Crippen LogP contribution in [0, 0.1) is 11.8 Å². The van der Waals surface area contributed by atoms with Gasteiger partial charge in [-0.2, -0.15) is 0 Å². The van der Waals surface area contributed by atoms with Crippen LogP contribution < -0.4 is 21.9 Å². The first kappa shape index (κ1) is 15.6. The minimum atomic E-state index is -0.457. The Balaban J connectivity index is 2.36. The Bertz CT molecular complexity index is 605. The number of aromatic nitrogens is 2. The van der Waals surface area contributed by atoms with Gasteiger partial charge < -0.3 is 15.7 Å². The van der Waals surface area contributed by atoms with Crippen molar-refractivity contribution in [2.24, 2.45) is 11.8 Å². The topological polar surface area (TPSA) is 104 Å². The first-order chi connectivity index (χ1) is 9.93. The third-order valence-corrected chi connectivity index (χ3v) is 3.90. The average Bonchev–Trinajstić information content (AvgIpc) is 2.83. The lowest BCUT2D eigenvalue weighted by atomic mass is 10.1. The summed E-state index contributed by atoms with van der Waals surface area (Å²) >= 11 is 0. The molecule has 0 spiro atoms. The molecule has 1 saturated heterocycles. The number of aromatic amines is 1. The van der Waals surface area contributed by atoms with E-state index in [0.29, 0.717) is 24.7 Å². The number of aliphatic hydroxyl groups is 1. The van der Waals surface area contributed by atoms with Crippen molar-refractivity contribution in [2.45, 2.75) is 33.2 Å². The smallest absolute Gasteiger partial charge is 0.330 e. The Morgan fingerprint density at radius 2 is 2.14 bits per heavy atom. The highest BCUT2D eigenvalue weighted by molar-refractivity contribution is 5.62. The van der Waals surface area contributed by atoms with Gasteiger partial charge in [-0.3, -0.25) is 14.3 Å². The SMILES string of the molecule is CC(C)Cn1c(N)c(N2CCC(CCO)C2)c(=O)[nH]c1=O. The Morgan fingerprint density at radius 1 is 1.43 bits per heavy atom. The molecule has 0 amide bonds. The highest BCUT2D eigenvalue weighted by Crippen LogP contribution is 2.26. The largest absolute Gasteiger partial charge is 0.396 e. The summed E-state index contributed by atoms with van der Waals surface area (Å²) in [5, 5.41) is 9.02. The minimum Gasteiger partial charge on any atom is -0.396 e. The molecule has 1 aromatic heterocycles. The van der Waals surface area contributed by atoms with Crippen molar-refractivity contribution >= 4 is 11.5 Å². The van der Waals surface area contributed by atoms with Gasteiger partial charge in [-0.25, -0.2) is 4.79 Å². The van der Waals surface area contributed by atoms with E-state index in [1.165, 1.54) is 4.57 Å². The predicted molar refractivity (Wildman–Crippen MR) is 82.6 cm³/mol. The number of hydrogen-bond donors (Lipinski definition) is 3. The summed E-state index contributed by atoms with van der Waals surface area (Å²) in [6, 6.07) is 0. The van der Waals surface area contributed by atoms with E-state index in [-0.39, 0.29) is 18.3 Å². The van der Waals surface area contributed by atoms with Crippen molar-refractivity contribution in [1.82, 2.24) is 9.55 Å². The zero-order valence-electron chi connectivity index (χ0n) is 12.6. The average molecular weight is 296 g/mol. The maximum Gasteiger partial charge on any atom is 0.330 e. The molecule has 7 nitrogen and oxygen atoms in total.